The molecule has 0 aromatic heterocycles. The van der Waals surface area contributed by atoms with Gasteiger partial charge in [0.1, 0.15) is 0 Å². The van der Waals surface area contributed by atoms with Crippen LogP contribution in [0, 0.1) is 0 Å². The van der Waals surface area contributed by atoms with Crippen molar-refractivity contribution in [3.05, 3.63) is 23.8 Å². The van der Waals surface area contributed by atoms with Crippen molar-refractivity contribution in [2.45, 2.75) is 52.0 Å². The Bertz CT molecular complexity index is 685. The van der Waals surface area contributed by atoms with Gasteiger partial charge < -0.3 is 19.5 Å². The van der Waals surface area contributed by atoms with Crippen molar-refractivity contribution in [1.29, 1.82) is 0 Å². The van der Waals surface area contributed by atoms with Gasteiger partial charge in [0.05, 0.1) is 18.8 Å². The molecule has 154 valence electrons. The van der Waals surface area contributed by atoms with Crippen LogP contribution in [0.5, 0.6) is 11.5 Å². The molecule has 1 saturated carbocycles. The zero-order valence-electron chi connectivity index (χ0n) is 16.4. The van der Waals surface area contributed by atoms with Gasteiger partial charge in [-0.05, 0) is 44.9 Å². The van der Waals surface area contributed by atoms with Gasteiger partial charge in [0.15, 0.2) is 18.1 Å². The minimum absolute atomic E-state index is 0.0879. The highest BCUT2D eigenvalue weighted by molar-refractivity contribution is 5.97. The van der Waals surface area contributed by atoms with Crippen LogP contribution < -0.4 is 20.1 Å². The predicted molar refractivity (Wildman–Crippen MR) is 103 cm³/mol. The van der Waals surface area contributed by atoms with Crippen molar-refractivity contribution in [2.24, 2.45) is 0 Å². The molecule has 1 aromatic rings. The molecule has 3 amide bonds. The Labute approximate surface area is 164 Å². The molecule has 0 aliphatic heterocycles. The molecule has 0 spiro atoms. The molecule has 0 bridgehead atoms. The standard InChI is InChI=1S/C20H28N2O6/c1-3-26-16-11-10-14(12-17(16)27-4-2)19(24)28-13-18(23)22-20(25)21-15-8-6-5-7-9-15/h10-12,15H,3-9,13H2,1-2H3,(H2,21,22,23,25). The Balaban J connectivity index is 1.82. The number of ether oxygens (including phenoxy) is 3. The molecule has 0 atom stereocenters. The lowest BCUT2D eigenvalue weighted by Gasteiger charge is -2.22. The number of imide groups is 1. The van der Waals surface area contributed by atoms with Crippen LogP contribution >= 0.6 is 0 Å². The lowest BCUT2D eigenvalue weighted by Crippen LogP contribution is -2.46. The number of hydrogen-bond acceptors (Lipinski definition) is 6. The number of hydrogen-bond donors (Lipinski definition) is 2. The van der Waals surface area contributed by atoms with E-state index in [-0.39, 0.29) is 11.6 Å². The molecule has 8 nitrogen and oxygen atoms in total. The van der Waals surface area contributed by atoms with Gasteiger partial charge in [-0.25, -0.2) is 9.59 Å². The molecule has 0 heterocycles. The number of carbonyl (C=O) groups excluding carboxylic acids is 3. The molecule has 1 aliphatic carbocycles. The van der Waals surface area contributed by atoms with E-state index >= 15 is 0 Å². The first-order valence-corrected chi connectivity index (χ1v) is 9.70. The van der Waals surface area contributed by atoms with Gasteiger partial charge in [0, 0.05) is 6.04 Å². The van der Waals surface area contributed by atoms with Gasteiger partial charge in [0.2, 0.25) is 0 Å². The van der Waals surface area contributed by atoms with E-state index < -0.39 is 24.5 Å². The third-order valence-electron chi connectivity index (χ3n) is 4.31. The van der Waals surface area contributed by atoms with Gasteiger partial charge in [-0.1, -0.05) is 19.3 Å². The summed E-state index contributed by atoms with van der Waals surface area (Å²) in [6.07, 6.45) is 5.14. The lowest BCUT2D eigenvalue weighted by molar-refractivity contribution is -0.123. The summed E-state index contributed by atoms with van der Waals surface area (Å²) in [4.78, 5) is 35.9. The zero-order chi connectivity index (χ0) is 20.4. The summed E-state index contributed by atoms with van der Waals surface area (Å²) in [6.45, 7) is 4.00. The highest BCUT2D eigenvalue weighted by atomic mass is 16.5. The molecule has 2 N–H and O–H groups in total. The van der Waals surface area contributed by atoms with E-state index in [1.165, 1.54) is 18.6 Å². The van der Waals surface area contributed by atoms with E-state index in [0.29, 0.717) is 24.7 Å². The van der Waals surface area contributed by atoms with Crippen LogP contribution in [0.25, 0.3) is 0 Å². The minimum Gasteiger partial charge on any atom is -0.490 e. The van der Waals surface area contributed by atoms with Gasteiger partial charge in [-0.3, -0.25) is 10.1 Å². The second-order valence-electron chi connectivity index (χ2n) is 6.46. The summed E-state index contributed by atoms with van der Waals surface area (Å²) < 4.78 is 15.9. The maximum absolute atomic E-state index is 12.2. The molecular weight excluding hydrogens is 364 g/mol. The number of nitrogens with one attached hydrogen (secondary N) is 2. The molecule has 1 fully saturated rings. The van der Waals surface area contributed by atoms with E-state index in [9.17, 15) is 14.4 Å². The Morgan fingerprint density at radius 1 is 1.00 bits per heavy atom. The highest BCUT2D eigenvalue weighted by Crippen LogP contribution is 2.28. The van der Waals surface area contributed by atoms with Crippen LogP contribution in [0.2, 0.25) is 0 Å². The Morgan fingerprint density at radius 3 is 2.36 bits per heavy atom. The summed E-state index contributed by atoms with van der Waals surface area (Å²) in [5.74, 6) is -0.419. The fraction of sp³-hybridized carbons (Fsp3) is 0.550. The van der Waals surface area contributed by atoms with Crippen molar-refractivity contribution in [1.82, 2.24) is 10.6 Å². The molecule has 8 heteroatoms. The van der Waals surface area contributed by atoms with Crippen molar-refractivity contribution < 1.29 is 28.6 Å². The molecule has 2 rings (SSSR count). The van der Waals surface area contributed by atoms with Crippen LogP contribution in [-0.2, 0) is 9.53 Å². The first-order chi connectivity index (χ1) is 13.5. The lowest BCUT2D eigenvalue weighted by atomic mass is 9.96. The van der Waals surface area contributed by atoms with Gasteiger partial charge in [-0.2, -0.15) is 0 Å². The Kier molecular flexibility index (Phi) is 8.58. The van der Waals surface area contributed by atoms with Crippen LogP contribution in [0.3, 0.4) is 0 Å². The van der Waals surface area contributed by atoms with E-state index in [1.807, 2.05) is 13.8 Å². The second-order valence-corrected chi connectivity index (χ2v) is 6.46. The summed E-state index contributed by atoms with van der Waals surface area (Å²) in [5.41, 5.74) is 0.228. The fourth-order valence-electron chi connectivity index (χ4n) is 3.02. The van der Waals surface area contributed by atoms with E-state index in [0.717, 1.165) is 25.7 Å². The molecular formula is C20H28N2O6. The molecule has 1 aliphatic rings. The number of amides is 3. The van der Waals surface area contributed by atoms with Crippen molar-refractivity contribution in [3.63, 3.8) is 0 Å². The second kappa shape index (κ2) is 11.2. The molecule has 0 unspecified atom stereocenters. The summed E-state index contributed by atoms with van der Waals surface area (Å²) >= 11 is 0. The Hall–Kier alpha value is -2.77. The first-order valence-electron chi connectivity index (χ1n) is 9.70. The topological polar surface area (TPSA) is 103 Å². The van der Waals surface area contributed by atoms with Crippen molar-refractivity contribution in [2.75, 3.05) is 19.8 Å². The van der Waals surface area contributed by atoms with Crippen molar-refractivity contribution in [3.8, 4) is 11.5 Å². The van der Waals surface area contributed by atoms with E-state index in [1.54, 1.807) is 6.07 Å². The maximum atomic E-state index is 12.2. The number of benzene rings is 1. The Morgan fingerprint density at radius 2 is 1.68 bits per heavy atom. The molecule has 28 heavy (non-hydrogen) atoms. The molecule has 1 aromatic carbocycles. The fourth-order valence-corrected chi connectivity index (χ4v) is 3.02. The normalized spacial score (nSPS) is 14.1. The number of carbonyl (C=O) groups is 3. The molecule has 0 radical (unpaired) electrons. The monoisotopic (exact) mass is 392 g/mol. The van der Waals surface area contributed by atoms with E-state index in [4.69, 9.17) is 14.2 Å². The van der Waals surface area contributed by atoms with Crippen LogP contribution in [0.15, 0.2) is 18.2 Å². The van der Waals surface area contributed by atoms with Crippen LogP contribution in [0.1, 0.15) is 56.3 Å². The van der Waals surface area contributed by atoms with Gasteiger partial charge >= 0.3 is 12.0 Å². The SMILES string of the molecule is CCOc1ccc(C(=O)OCC(=O)NC(=O)NC2CCCCC2)cc1OCC. The average molecular weight is 392 g/mol. The number of urea groups is 1. The quantitative estimate of drug-likeness (QED) is 0.660. The smallest absolute Gasteiger partial charge is 0.338 e. The predicted octanol–water partition coefficient (Wildman–Crippen LogP) is 2.80. The molecule has 0 saturated heterocycles. The zero-order valence-corrected chi connectivity index (χ0v) is 16.4. The van der Waals surface area contributed by atoms with Crippen LogP contribution in [0.4, 0.5) is 4.79 Å². The average Bonchev–Trinajstić information content (AvgIpc) is 2.68. The van der Waals surface area contributed by atoms with Crippen molar-refractivity contribution >= 4 is 17.9 Å². The summed E-state index contributed by atoms with van der Waals surface area (Å²) in [5, 5.41) is 4.95. The van der Waals surface area contributed by atoms with Crippen LogP contribution in [-0.4, -0.2) is 43.8 Å². The summed E-state index contributed by atoms with van der Waals surface area (Å²) in [7, 11) is 0. The largest absolute Gasteiger partial charge is 0.490 e. The van der Waals surface area contributed by atoms with E-state index in [2.05, 4.69) is 10.6 Å². The third kappa shape index (κ3) is 6.75. The minimum atomic E-state index is -0.688. The third-order valence-corrected chi connectivity index (χ3v) is 4.31. The van der Waals surface area contributed by atoms with Gasteiger partial charge in [-0.15, -0.1) is 0 Å². The number of esters is 1. The van der Waals surface area contributed by atoms with Gasteiger partial charge in [0.25, 0.3) is 5.91 Å². The first kappa shape index (κ1) is 21.5. The summed E-state index contributed by atoms with van der Waals surface area (Å²) in [6, 6.07) is 4.18. The number of rotatable bonds is 8. The maximum Gasteiger partial charge on any atom is 0.338 e. The highest BCUT2D eigenvalue weighted by Gasteiger charge is 2.18.